The van der Waals surface area contributed by atoms with Crippen LogP contribution in [-0.4, -0.2) is 11.2 Å². The average Bonchev–Trinajstić information content (AvgIpc) is 2.49. The first kappa shape index (κ1) is 12.8. The van der Waals surface area contributed by atoms with E-state index in [9.17, 15) is 9.50 Å². The summed E-state index contributed by atoms with van der Waals surface area (Å²) in [5, 5.41) is 10.5. The Hall–Kier alpha value is -0.600. The van der Waals surface area contributed by atoms with Crippen molar-refractivity contribution in [2.24, 2.45) is 5.92 Å². The normalized spacial score (nSPS) is 25.6. The molecule has 94 valence electrons. The lowest BCUT2D eigenvalue weighted by atomic mass is 9.90. The molecule has 0 bridgehead atoms. The van der Waals surface area contributed by atoms with Gasteiger partial charge in [-0.1, -0.05) is 36.9 Å². The molecule has 0 heterocycles. The number of hydrogen-bond donors (Lipinski definition) is 1. The first-order chi connectivity index (χ1) is 8.18. The van der Waals surface area contributed by atoms with E-state index in [1.54, 1.807) is 12.1 Å². The summed E-state index contributed by atoms with van der Waals surface area (Å²) in [6, 6.07) is 4.76. The van der Waals surface area contributed by atoms with Crippen LogP contribution in [0.15, 0.2) is 18.2 Å². The molecule has 2 rings (SSSR count). The van der Waals surface area contributed by atoms with Gasteiger partial charge in [0.05, 0.1) is 6.10 Å². The van der Waals surface area contributed by atoms with Crippen molar-refractivity contribution in [2.45, 2.75) is 44.6 Å². The van der Waals surface area contributed by atoms with Crippen LogP contribution >= 0.6 is 11.6 Å². The van der Waals surface area contributed by atoms with E-state index in [-0.39, 0.29) is 17.8 Å². The largest absolute Gasteiger partial charge is 0.393 e. The third-order valence-corrected chi connectivity index (χ3v) is 4.00. The van der Waals surface area contributed by atoms with E-state index in [4.69, 9.17) is 11.6 Å². The zero-order valence-corrected chi connectivity index (χ0v) is 10.6. The maximum atomic E-state index is 13.7. The Labute approximate surface area is 107 Å². The Kier molecular flexibility index (Phi) is 4.41. The Morgan fingerprint density at radius 1 is 1.24 bits per heavy atom. The van der Waals surface area contributed by atoms with E-state index in [2.05, 4.69) is 0 Å². The van der Waals surface area contributed by atoms with E-state index in [1.807, 2.05) is 0 Å². The number of hydrogen-bond acceptors (Lipinski definition) is 1. The highest BCUT2D eigenvalue weighted by Crippen LogP contribution is 2.30. The van der Waals surface area contributed by atoms with Crippen molar-refractivity contribution in [2.75, 3.05) is 0 Å². The molecule has 17 heavy (non-hydrogen) atoms. The maximum absolute atomic E-state index is 13.7. The minimum absolute atomic E-state index is 0.145. The average molecular weight is 257 g/mol. The molecule has 0 amide bonds. The van der Waals surface area contributed by atoms with Crippen LogP contribution in [-0.2, 0) is 6.42 Å². The lowest BCUT2D eigenvalue weighted by Gasteiger charge is -2.21. The van der Waals surface area contributed by atoms with Gasteiger partial charge in [-0.05, 0) is 37.3 Å². The summed E-state index contributed by atoms with van der Waals surface area (Å²) in [4.78, 5) is 0. The number of rotatable bonds is 2. The van der Waals surface area contributed by atoms with Crippen LogP contribution in [0.3, 0.4) is 0 Å². The molecule has 1 aromatic carbocycles. The molecule has 0 spiro atoms. The summed E-state index contributed by atoms with van der Waals surface area (Å²) in [5.41, 5.74) is 0.556. The molecule has 1 aromatic rings. The van der Waals surface area contributed by atoms with E-state index < -0.39 is 0 Å². The van der Waals surface area contributed by atoms with Crippen LogP contribution in [0.2, 0.25) is 5.02 Å². The summed E-state index contributed by atoms with van der Waals surface area (Å²) < 4.78 is 13.7. The Balaban J connectivity index is 2.13. The molecule has 0 saturated heterocycles. The molecule has 0 aliphatic heterocycles. The van der Waals surface area contributed by atoms with E-state index in [0.29, 0.717) is 17.0 Å². The Morgan fingerprint density at radius 2 is 2.00 bits per heavy atom. The summed E-state index contributed by atoms with van der Waals surface area (Å²) >= 11 is 6.02. The van der Waals surface area contributed by atoms with Gasteiger partial charge in [-0.15, -0.1) is 0 Å². The van der Waals surface area contributed by atoms with Crippen LogP contribution in [0.5, 0.6) is 0 Å². The Morgan fingerprint density at radius 3 is 2.76 bits per heavy atom. The molecule has 1 aliphatic rings. The van der Waals surface area contributed by atoms with Gasteiger partial charge in [0.25, 0.3) is 0 Å². The van der Waals surface area contributed by atoms with Gasteiger partial charge in [-0.2, -0.15) is 0 Å². The molecule has 0 radical (unpaired) electrons. The fourth-order valence-electron chi connectivity index (χ4n) is 2.59. The van der Waals surface area contributed by atoms with Crippen LogP contribution in [0.4, 0.5) is 4.39 Å². The van der Waals surface area contributed by atoms with E-state index in [0.717, 1.165) is 25.7 Å². The molecule has 1 saturated carbocycles. The zero-order valence-electron chi connectivity index (χ0n) is 9.83. The minimum Gasteiger partial charge on any atom is -0.393 e. The molecule has 2 atom stereocenters. The molecule has 0 aromatic heterocycles. The smallest absolute Gasteiger partial charge is 0.127 e. The van der Waals surface area contributed by atoms with E-state index in [1.165, 1.54) is 12.5 Å². The molecule has 1 fully saturated rings. The summed E-state index contributed by atoms with van der Waals surface area (Å²) in [6.07, 6.45) is 5.39. The lowest BCUT2D eigenvalue weighted by molar-refractivity contribution is 0.100. The highest BCUT2D eigenvalue weighted by molar-refractivity contribution is 6.31. The van der Waals surface area contributed by atoms with Crippen LogP contribution in [0, 0.1) is 11.7 Å². The first-order valence-electron chi connectivity index (χ1n) is 6.29. The van der Waals surface area contributed by atoms with Crippen molar-refractivity contribution < 1.29 is 9.50 Å². The molecule has 1 nitrogen and oxygen atoms in total. The second-order valence-corrected chi connectivity index (χ2v) is 5.28. The molecule has 1 aliphatic carbocycles. The van der Waals surface area contributed by atoms with Crippen LogP contribution in [0.25, 0.3) is 0 Å². The SMILES string of the molecule is OC1CCCCCC1Cc1c(F)cccc1Cl. The molecule has 1 N–H and O–H groups in total. The van der Waals surface area contributed by atoms with Gasteiger partial charge in [0.15, 0.2) is 0 Å². The third-order valence-electron chi connectivity index (χ3n) is 3.65. The van der Waals surface area contributed by atoms with Gasteiger partial charge in [0.2, 0.25) is 0 Å². The van der Waals surface area contributed by atoms with Crippen LogP contribution < -0.4 is 0 Å². The summed E-state index contributed by atoms with van der Waals surface area (Å²) in [6.45, 7) is 0. The number of aliphatic hydroxyl groups excluding tert-OH is 1. The quantitative estimate of drug-likeness (QED) is 0.794. The van der Waals surface area contributed by atoms with Crippen molar-refractivity contribution in [1.29, 1.82) is 0 Å². The summed E-state index contributed by atoms with van der Waals surface area (Å²) in [5.74, 6) is -0.110. The number of benzene rings is 1. The predicted octanol–water partition coefficient (Wildman–Crippen LogP) is 3.96. The molecule has 2 unspecified atom stereocenters. The predicted molar refractivity (Wildman–Crippen MR) is 67.7 cm³/mol. The van der Waals surface area contributed by atoms with Gasteiger partial charge < -0.3 is 5.11 Å². The van der Waals surface area contributed by atoms with Gasteiger partial charge in [0.1, 0.15) is 5.82 Å². The van der Waals surface area contributed by atoms with Crippen LogP contribution in [0.1, 0.15) is 37.7 Å². The molecule has 3 heteroatoms. The fourth-order valence-corrected chi connectivity index (χ4v) is 2.83. The standard InChI is InChI=1S/C14H18ClFO/c15-12-6-4-7-13(16)11(12)9-10-5-2-1-3-8-14(10)17/h4,6-7,10,14,17H,1-3,5,8-9H2. The number of halogens is 2. The Bertz CT molecular complexity index is 360. The van der Waals surface area contributed by atoms with Crippen molar-refractivity contribution >= 4 is 11.6 Å². The molecular formula is C14H18ClFO. The van der Waals surface area contributed by atoms with Gasteiger partial charge in [-0.25, -0.2) is 4.39 Å². The topological polar surface area (TPSA) is 20.2 Å². The summed E-state index contributed by atoms with van der Waals surface area (Å²) in [7, 11) is 0. The zero-order chi connectivity index (χ0) is 12.3. The second-order valence-electron chi connectivity index (χ2n) is 4.87. The second kappa shape index (κ2) is 5.83. The van der Waals surface area contributed by atoms with Crippen molar-refractivity contribution in [3.05, 3.63) is 34.6 Å². The monoisotopic (exact) mass is 256 g/mol. The van der Waals surface area contributed by atoms with Crippen molar-refractivity contribution in [1.82, 2.24) is 0 Å². The number of aliphatic hydroxyl groups is 1. The van der Waals surface area contributed by atoms with Gasteiger partial charge >= 0.3 is 0 Å². The lowest BCUT2D eigenvalue weighted by Crippen LogP contribution is -2.21. The van der Waals surface area contributed by atoms with E-state index >= 15 is 0 Å². The van der Waals surface area contributed by atoms with Crippen molar-refractivity contribution in [3.8, 4) is 0 Å². The highest BCUT2D eigenvalue weighted by Gasteiger charge is 2.23. The minimum atomic E-state index is -0.312. The van der Waals surface area contributed by atoms with Crippen molar-refractivity contribution in [3.63, 3.8) is 0 Å². The third kappa shape index (κ3) is 3.20. The highest BCUT2D eigenvalue weighted by atomic mass is 35.5. The first-order valence-corrected chi connectivity index (χ1v) is 6.67. The molecular weight excluding hydrogens is 239 g/mol. The maximum Gasteiger partial charge on any atom is 0.127 e. The van der Waals surface area contributed by atoms with Gasteiger partial charge in [-0.3, -0.25) is 0 Å². The van der Waals surface area contributed by atoms with Gasteiger partial charge in [0, 0.05) is 10.6 Å². The fraction of sp³-hybridized carbons (Fsp3) is 0.571.